The summed E-state index contributed by atoms with van der Waals surface area (Å²) in [6.45, 7) is 9.96. The average molecular weight is 226 g/mol. The summed E-state index contributed by atoms with van der Waals surface area (Å²) in [5.74, 6) is 0.311. The SMILES string of the molecule is CN1CCN(CCCC(C)(C)C(=N)N)CC1. The van der Waals surface area contributed by atoms with E-state index in [9.17, 15) is 0 Å². The van der Waals surface area contributed by atoms with Gasteiger partial charge in [-0.25, -0.2) is 0 Å². The molecule has 4 heteroatoms. The zero-order valence-electron chi connectivity index (χ0n) is 10.9. The summed E-state index contributed by atoms with van der Waals surface area (Å²) in [7, 11) is 2.18. The van der Waals surface area contributed by atoms with Crippen LogP contribution in [0.15, 0.2) is 0 Å². The molecule has 0 aromatic carbocycles. The van der Waals surface area contributed by atoms with E-state index in [0.717, 1.165) is 19.4 Å². The second-order valence-corrected chi connectivity index (χ2v) is 5.55. The molecule has 0 bridgehead atoms. The van der Waals surface area contributed by atoms with Gasteiger partial charge in [0.05, 0.1) is 5.84 Å². The molecule has 0 aromatic rings. The highest BCUT2D eigenvalue weighted by Crippen LogP contribution is 2.21. The van der Waals surface area contributed by atoms with Crippen molar-refractivity contribution in [1.82, 2.24) is 9.80 Å². The van der Waals surface area contributed by atoms with Crippen LogP contribution in [0.3, 0.4) is 0 Å². The minimum atomic E-state index is -0.132. The van der Waals surface area contributed by atoms with Crippen LogP contribution in [0.25, 0.3) is 0 Å². The van der Waals surface area contributed by atoms with Crippen LogP contribution in [0.2, 0.25) is 0 Å². The third-order valence-electron chi connectivity index (χ3n) is 3.60. The molecule has 0 aromatic heterocycles. The van der Waals surface area contributed by atoms with Crippen molar-refractivity contribution in [2.24, 2.45) is 11.1 Å². The molecule has 3 N–H and O–H groups in total. The minimum Gasteiger partial charge on any atom is -0.387 e. The fourth-order valence-electron chi connectivity index (χ4n) is 1.95. The minimum absolute atomic E-state index is 0.132. The van der Waals surface area contributed by atoms with Gasteiger partial charge in [-0.3, -0.25) is 5.41 Å². The van der Waals surface area contributed by atoms with Crippen LogP contribution in [-0.4, -0.2) is 55.4 Å². The normalized spacial score (nSPS) is 19.9. The molecular formula is C12H26N4. The topological polar surface area (TPSA) is 56.4 Å². The molecule has 1 aliphatic rings. The summed E-state index contributed by atoms with van der Waals surface area (Å²) < 4.78 is 0. The number of amidine groups is 1. The lowest BCUT2D eigenvalue weighted by Crippen LogP contribution is -2.45. The number of rotatable bonds is 5. The molecule has 4 nitrogen and oxygen atoms in total. The molecule has 0 amide bonds. The van der Waals surface area contributed by atoms with E-state index in [1.165, 1.54) is 26.2 Å². The van der Waals surface area contributed by atoms with Gasteiger partial charge in [0.25, 0.3) is 0 Å². The second kappa shape index (κ2) is 5.64. The molecular weight excluding hydrogens is 200 g/mol. The van der Waals surface area contributed by atoms with Gasteiger partial charge in [0.15, 0.2) is 0 Å². The van der Waals surface area contributed by atoms with E-state index in [4.69, 9.17) is 11.1 Å². The van der Waals surface area contributed by atoms with Crippen molar-refractivity contribution in [3.63, 3.8) is 0 Å². The highest BCUT2D eigenvalue weighted by Gasteiger charge is 2.21. The third kappa shape index (κ3) is 4.10. The fourth-order valence-corrected chi connectivity index (χ4v) is 1.95. The van der Waals surface area contributed by atoms with E-state index in [0.29, 0.717) is 5.84 Å². The Labute approximate surface area is 99.3 Å². The Bertz CT molecular complexity index is 229. The fraction of sp³-hybridized carbons (Fsp3) is 0.917. The van der Waals surface area contributed by atoms with Crippen molar-refractivity contribution in [3.05, 3.63) is 0 Å². The second-order valence-electron chi connectivity index (χ2n) is 5.55. The number of hydrogen-bond acceptors (Lipinski definition) is 3. The average Bonchev–Trinajstić information content (AvgIpc) is 2.20. The Kier molecular flexibility index (Phi) is 4.74. The molecule has 1 saturated heterocycles. The highest BCUT2D eigenvalue weighted by molar-refractivity contribution is 5.82. The predicted octanol–water partition coefficient (Wildman–Crippen LogP) is 0.976. The molecule has 0 atom stereocenters. The maximum Gasteiger partial charge on any atom is 0.0963 e. The summed E-state index contributed by atoms with van der Waals surface area (Å²) in [5, 5.41) is 7.50. The Balaban J connectivity index is 2.18. The summed E-state index contributed by atoms with van der Waals surface area (Å²) >= 11 is 0. The van der Waals surface area contributed by atoms with Gasteiger partial charge in [-0.2, -0.15) is 0 Å². The van der Waals surface area contributed by atoms with Crippen LogP contribution in [0.4, 0.5) is 0 Å². The molecule has 0 spiro atoms. The molecule has 94 valence electrons. The molecule has 16 heavy (non-hydrogen) atoms. The summed E-state index contributed by atoms with van der Waals surface area (Å²) in [6.07, 6.45) is 2.14. The number of nitrogens with two attached hydrogens (primary N) is 1. The Morgan fingerprint density at radius 2 is 1.81 bits per heavy atom. The highest BCUT2D eigenvalue weighted by atomic mass is 15.2. The van der Waals surface area contributed by atoms with Gasteiger partial charge in [-0.15, -0.1) is 0 Å². The van der Waals surface area contributed by atoms with Crippen molar-refractivity contribution in [3.8, 4) is 0 Å². The zero-order chi connectivity index (χ0) is 12.2. The number of likely N-dealkylation sites (N-methyl/N-ethyl adjacent to an activating group) is 1. The number of nitrogens with zero attached hydrogens (tertiary/aromatic N) is 2. The van der Waals surface area contributed by atoms with Crippen molar-refractivity contribution in [2.45, 2.75) is 26.7 Å². The predicted molar refractivity (Wildman–Crippen MR) is 68.9 cm³/mol. The summed E-state index contributed by atoms with van der Waals surface area (Å²) in [4.78, 5) is 4.88. The summed E-state index contributed by atoms with van der Waals surface area (Å²) in [5.41, 5.74) is 5.44. The zero-order valence-corrected chi connectivity index (χ0v) is 10.9. The van der Waals surface area contributed by atoms with Crippen molar-refractivity contribution < 1.29 is 0 Å². The van der Waals surface area contributed by atoms with E-state index in [1.54, 1.807) is 0 Å². The van der Waals surface area contributed by atoms with Crippen molar-refractivity contribution in [1.29, 1.82) is 5.41 Å². The molecule has 1 fully saturated rings. The largest absolute Gasteiger partial charge is 0.387 e. The van der Waals surface area contributed by atoms with Gasteiger partial charge < -0.3 is 15.5 Å². The molecule has 1 heterocycles. The van der Waals surface area contributed by atoms with E-state index in [1.807, 2.05) is 0 Å². The van der Waals surface area contributed by atoms with Crippen LogP contribution in [0, 0.1) is 10.8 Å². The van der Waals surface area contributed by atoms with E-state index in [-0.39, 0.29) is 5.41 Å². The van der Waals surface area contributed by atoms with Gasteiger partial charge in [0.1, 0.15) is 0 Å². The van der Waals surface area contributed by atoms with Crippen LogP contribution in [-0.2, 0) is 0 Å². The molecule has 0 saturated carbocycles. The molecule has 0 radical (unpaired) electrons. The molecule has 1 aliphatic heterocycles. The van der Waals surface area contributed by atoms with Gasteiger partial charge in [-0.1, -0.05) is 13.8 Å². The molecule has 1 rings (SSSR count). The van der Waals surface area contributed by atoms with Gasteiger partial charge in [0.2, 0.25) is 0 Å². The van der Waals surface area contributed by atoms with Crippen LogP contribution in [0.1, 0.15) is 26.7 Å². The number of piperazine rings is 1. The first-order valence-corrected chi connectivity index (χ1v) is 6.17. The van der Waals surface area contributed by atoms with Gasteiger partial charge in [0, 0.05) is 31.6 Å². The van der Waals surface area contributed by atoms with Gasteiger partial charge >= 0.3 is 0 Å². The smallest absolute Gasteiger partial charge is 0.0963 e. The number of hydrogen-bond donors (Lipinski definition) is 2. The number of nitrogens with one attached hydrogen (secondary N) is 1. The quantitative estimate of drug-likeness (QED) is 0.542. The standard InChI is InChI=1S/C12H26N4/c1-12(2,11(13)14)5-4-6-16-9-7-15(3)8-10-16/h4-10H2,1-3H3,(H3,13,14). The van der Waals surface area contributed by atoms with Crippen LogP contribution in [0.5, 0.6) is 0 Å². The van der Waals surface area contributed by atoms with Crippen LogP contribution < -0.4 is 5.73 Å². The molecule has 0 aliphatic carbocycles. The Morgan fingerprint density at radius 3 is 2.31 bits per heavy atom. The van der Waals surface area contributed by atoms with Gasteiger partial charge in [-0.05, 0) is 26.4 Å². The summed E-state index contributed by atoms with van der Waals surface area (Å²) in [6, 6.07) is 0. The lowest BCUT2D eigenvalue weighted by molar-refractivity contribution is 0.149. The van der Waals surface area contributed by atoms with E-state index in [2.05, 4.69) is 30.7 Å². The van der Waals surface area contributed by atoms with Crippen LogP contribution >= 0.6 is 0 Å². The Hall–Kier alpha value is -0.610. The van der Waals surface area contributed by atoms with Crippen molar-refractivity contribution >= 4 is 5.84 Å². The maximum absolute atomic E-state index is 7.50. The van der Waals surface area contributed by atoms with E-state index >= 15 is 0 Å². The lowest BCUT2D eigenvalue weighted by atomic mass is 9.86. The Morgan fingerprint density at radius 1 is 1.25 bits per heavy atom. The lowest BCUT2D eigenvalue weighted by Gasteiger charge is -2.33. The monoisotopic (exact) mass is 226 g/mol. The van der Waals surface area contributed by atoms with E-state index < -0.39 is 0 Å². The first kappa shape index (κ1) is 13.5. The maximum atomic E-state index is 7.50. The first-order chi connectivity index (χ1) is 7.42. The molecule has 0 unspecified atom stereocenters. The first-order valence-electron chi connectivity index (χ1n) is 6.17. The van der Waals surface area contributed by atoms with Crippen molar-refractivity contribution in [2.75, 3.05) is 39.8 Å². The third-order valence-corrected chi connectivity index (χ3v) is 3.60.